The van der Waals surface area contributed by atoms with Gasteiger partial charge in [-0.2, -0.15) is 0 Å². The van der Waals surface area contributed by atoms with E-state index in [1.807, 2.05) is 32.3 Å². The van der Waals surface area contributed by atoms with Gasteiger partial charge < -0.3 is 18.2 Å². The van der Waals surface area contributed by atoms with Crippen molar-refractivity contribution in [3.63, 3.8) is 0 Å². The molecular weight excluding hydrogens is 222 g/mol. The highest BCUT2D eigenvalue weighted by Gasteiger charge is 2.04. The van der Waals surface area contributed by atoms with Gasteiger partial charge in [-0.05, 0) is 12.1 Å². The van der Waals surface area contributed by atoms with Crippen molar-refractivity contribution < 1.29 is 13.3 Å². The summed E-state index contributed by atoms with van der Waals surface area (Å²) in [4.78, 5) is 2.08. The standard InChI is InChI=1S/C8H11N.C3H10O3Si/c1-9(2)8-6-4-3-5-7-8;1-4-7(5-2)6-3/h3-7H,1-2H3;7H,1-3H3. The predicted molar refractivity (Wildman–Crippen MR) is 68.9 cm³/mol. The fourth-order valence-electron chi connectivity index (χ4n) is 1.01. The number of anilines is 1. The topological polar surface area (TPSA) is 30.9 Å². The molecule has 0 aliphatic carbocycles. The second-order valence-electron chi connectivity index (χ2n) is 3.23. The minimum absolute atomic E-state index is 1.25. The van der Waals surface area contributed by atoms with Crippen LogP contribution in [0.1, 0.15) is 0 Å². The Balaban J connectivity index is 0.000000293. The van der Waals surface area contributed by atoms with Gasteiger partial charge in [0.25, 0.3) is 0 Å². The van der Waals surface area contributed by atoms with E-state index in [-0.39, 0.29) is 0 Å². The molecular formula is C11H21NO3Si. The maximum atomic E-state index is 4.74. The van der Waals surface area contributed by atoms with E-state index in [1.165, 1.54) is 5.69 Å². The quantitative estimate of drug-likeness (QED) is 0.748. The maximum absolute atomic E-state index is 4.74. The highest BCUT2D eigenvalue weighted by atomic mass is 28.3. The molecule has 4 nitrogen and oxygen atoms in total. The lowest BCUT2D eigenvalue weighted by Crippen LogP contribution is -2.21. The van der Waals surface area contributed by atoms with Crippen molar-refractivity contribution in [3.8, 4) is 0 Å². The van der Waals surface area contributed by atoms with Crippen molar-refractivity contribution in [1.82, 2.24) is 0 Å². The molecule has 0 bridgehead atoms. The van der Waals surface area contributed by atoms with Gasteiger partial charge in [0.05, 0.1) is 0 Å². The normalized spacial score (nSPS) is 9.62. The molecule has 1 aromatic rings. The molecule has 0 amide bonds. The molecule has 0 heterocycles. The van der Waals surface area contributed by atoms with Gasteiger partial charge in [0, 0.05) is 41.1 Å². The average Bonchev–Trinajstić information content (AvgIpc) is 2.33. The van der Waals surface area contributed by atoms with Crippen LogP contribution in [0.15, 0.2) is 30.3 Å². The lowest BCUT2D eigenvalue weighted by Gasteiger charge is -2.10. The first-order valence-electron chi connectivity index (χ1n) is 4.96. The molecule has 0 aromatic heterocycles. The molecule has 0 atom stereocenters. The van der Waals surface area contributed by atoms with Gasteiger partial charge in [-0.3, -0.25) is 0 Å². The summed E-state index contributed by atoms with van der Waals surface area (Å²) < 4.78 is 14.2. The molecule has 0 saturated heterocycles. The summed E-state index contributed by atoms with van der Waals surface area (Å²) >= 11 is 0. The van der Waals surface area contributed by atoms with Crippen LogP contribution < -0.4 is 4.90 Å². The average molecular weight is 243 g/mol. The Morgan fingerprint density at radius 2 is 1.31 bits per heavy atom. The zero-order valence-electron chi connectivity index (χ0n) is 10.6. The zero-order chi connectivity index (χ0) is 12.4. The van der Waals surface area contributed by atoms with Crippen molar-refractivity contribution in [2.24, 2.45) is 0 Å². The Bertz CT molecular complexity index is 247. The molecule has 0 aliphatic rings. The van der Waals surface area contributed by atoms with Crippen molar-refractivity contribution in [3.05, 3.63) is 30.3 Å². The van der Waals surface area contributed by atoms with E-state index in [4.69, 9.17) is 13.3 Å². The second kappa shape index (κ2) is 9.35. The summed E-state index contributed by atoms with van der Waals surface area (Å²) in [6.07, 6.45) is 0. The first-order chi connectivity index (χ1) is 7.65. The first kappa shape index (κ1) is 15.1. The molecule has 0 radical (unpaired) electrons. The zero-order valence-corrected chi connectivity index (χ0v) is 11.8. The van der Waals surface area contributed by atoms with E-state index >= 15 is 0 Å². The van der Waals surface area contributed by atoms with Crippen LogP contribution in [-0.2, 0) is 13.3 Å². The minimum Gasteiger partial charge on any atom is -0.379 e. The smallest absolute Gasteiger partial charge is 0.379 e. The lowest BCUT2D eigenvalue weighted by molar-refractivity contribution is 0.163. The van der Waals surface area contributed by atoms with E-state index in [0.29, 0.717) is 0 Å². The summed E-state index contributed by atoms with van der Waals surface area (Å²) in [6.45, 7) is 0. The fourth-order valence-corrected chi connectivity index (χ4v) is 1.59. The van der Waals surface area contributed by atoms with Gasteiger partial charge in [-0.1, -0.05) is 18.2 Å². The van der Waals surface area contributed by atoms with Crippen LogP contribution in [0.2, 0.25) is 0 Å². The molecule has 1 aromatic carbocycles. The van der Waals surface area contributed by atoms with E-state index in [2.05, 4.69) is 17.0 Å². The van der Waals surface area contributed by atoms with Crippen molar-refractivity contribution in [2.75, 3.05) is 40.3 Å². The molecule has 5 heteroatoms. The van der Waals surface area contributed by atoms with Crippen LogP contribution in [-0.4, -0.2) is 45.0 Å². The molecule has 0 saturated carbocycles. The molecule has 1 rings (SSSR count). The van der Waals surface area contributed by atoms with E-state index in [1.54, 1.807) is 21.3 Å². The number of nitrogens with zero attached hydrogens (tertiary/aromatic N) is 1. The van der Waals surface area contributed by atoms with Gasteiger partial charge >= 0.3 is 9.53 Å². The van der Waals surface area contributed by atoms with Crippen LogP contribution in [0.25, 0.3) is 0 Å². The maximum Gasteiger partial charge on any atom is 0.483 e. The molecule has 0 fully saturated rings. The van der Waals surface area contributed by atoms with Crippen molar-refractivity contribution >= 4 is 15.2 Å². The summed E-state index contributed by atoms with van der Waals surface area (Å²) in [7, 11) is 7.12. The van der Waals surface area contributed by atoms with E-state index < -0.39 is 9.53 Å². The third-order valence-corrected chi connectivity index (χ3v) is 3.00. The summed E-state index contributed by atoms with van der Waals surface area (Å²) in [5.74, 6) is 0. The Labute approximate surface area is 99.7 Å². The van der Waals surface area contributed by atoms with Gasteiger partial charge in [0.2, 0.25) is 0 Å². The Hall–Kier alpha value is -0.883. The SMILES string of the molecule is CN(C)c1ccccc1.CO[SiH](OC)OC. The van der Waals surface area contributed by atoms with Gasteiger partial charge in [-0.25, -0.2) is 0 Å². The van der Waals surface area contributed by atoms with Crippen molar-refractivity contribution in [1.29, 1.82) is 0 Å². The van der Waals surface area contributed by atoms with Crippen LogP contribution >= 0.6 is 0 Å². The summed E-state index contributed by atoms with van der Waals surface area (Å²) in [5.41, 5.74) is 1.25. The number of rotatable bonds is 4. The predicted octanol–water partition coefficient (Wildman–Crippen LogP) is 1.40. The van der Waals surface area contributed by atoms with E-state index in [9.17, 15) is 0 Å². The Kier molecular flexibility index (Phi) is 8.83. The molecule has 0 unspecified atom stereocenters. The Morgan fingerprint density at radius 3 is 1.50 bits per heavy atom. The minimum atomic E-state index is -1.67. The first-order valence-corrected chi connectivity index (χ1v) is 6.37. The number of hydrogen-bond donors (Lipinski definition) is 0. The highest BCUT2D eigenvalue weighted by Crippen LogP contribution is 2.07. The highest BCUT2D eigenvalue weighted by molar-refractivity contribution is 6.36. The second-order valence-corrected chi connectivity index (χ2v) is 5.22. The summed E-state index contributed by atoms with van der Waals surface area (Å²) in [6, 6.07) is 10.3. The van der Waals surface area contributed by atoms with Crippen LogP contribution in [0.4, 0.5) is 5.69 Å². The third kappa shape index (κ3) is 6.57. The van der Waals surface area contributed by atoms with Gasteiger partial charge in [-0.15, -0.1) is 0 Å². The monoisotopic (exact) mass is 243 g/mol. The molecule has 0 aliphatic heterocycles. The van der Waals surface area contributed by atoms with Gasteiger partial charge in [0.1, 0.15) is 0 Å². The third-order valence-electron chi connectivity index (χ3n) is 1.85. The van der Waals surface area contributed by atoms with E-state index in [0.717, 1.165) is 0 Å². The lowest BCUT2D eigenvalue weighted by atomic mass is 10.3. The van der Waals surface area contributed by atoms with Crippen LogP contribution in [0, 0.1) is 0 Å². The number of hydrogen-bond acceptors (Lipinski definition) is 4. The molecule has 0 N–H and O–H groups in total. The largest absolute Gasteiger partial charge is 0.483 e. The molecule has 0 spiro atoms. The number of para-hydroxylation sites is 1. The number of benzene rings is 1. The fraction of sp³-hybridized carbons (Fsp3) is 0.455. The van der Waals surface area contributed by atoms with Gasteiger partial charge in [0.15, 0.2) is 0 Å². The van der Waals surface area contributed by atoms with Crippen LogP contribution in [0.5, 0.6) is 0 Å². The molecule has 92 valence electrons. The van der Waals surface area contributed by atoms with Crippen molar-refractivity contribution in [2.45, 2.75) is 0 Å². The van der Waals surface area contributed by atoms with Crippen LogP contribution in [0.3, 0.4) is 0 Å². The Morgan fingerprint density at radius 1 is 0.875 bits per heavy atom. The molecule has 16 heavy (non-hydrogen) atoms. The summed E-state index contributed by atoms with van der Waals surface area (Å²) in [5, 5.41) is 0.